The van der Waals surface area contributed by atoms with Crippen molar-refractivity contribution in [2.45, 2.75) is 0 Å². The fourth-order valence-corrected chi connectivity index (χ4v) is 2.81. The lowest BCUT2D eigenvalue weighted by molar-refractivity contribution is 0.628. The van der Waals surface area contributed by atoms with Crippen LogP contribution in [0.25, 0.3) is 10.4 Å². The van der Waals surface area contributed by atoms with E-state index in [9.17, 15) is 9.18 Å². The third-order valence-corrected chi connectivity index (χ3v) is 3.98. The minimum atomic E-state index is -0.526. The molecule has 2 aromatic rings. The second kappa shape index (κ2) is 6.20. The second-order valence-corrected chi connectivity index (χ2v) is 5.19. The molecule has 0 bridgehead atoms. The van der Waals surface area contributed by atoms with Crippen molar-refractivity contribution in [1.29, 1.82) is 5.26 Å². The Balaban J connectivity index is 2.64. The number of hydrogen-bond acceptors (Lipinski definition) is 5. The van der Waals surface area contributed by atoms with E-state index in [0.29, 0.717) is 22.0 Å². The third kappa shape index (κ3) is 2.93. The van der Waals surface area contributed by atoms with Crippen molar-refractivity contribution in [3.05, 3.63) is 58.5 Å². The van der Waals surface area contributed by atoms with E-state index in [1.54, 1.807) is 18.2 Å². The standard InChI is InChI=1S/C15H12FN3OS/c1-2-7-19-15-11(8-17)13(20)12(18)14(21-15)9-3-5-10(16)6-4-9/h2-6,19H,1,7,18H2. The quantitative estimate of drug-likeness (QED) is 0.851. The molecule has 0 unspecified atom stereocenters. The number of nitrogens with one attached hydrogen (secondary N) is 1. The van der Waals surface area contributed by atoms with Crippen molar-refractivity contribution in [1.82, 2.24) is 0 Å². The fourth-order valence-electron chi connectivity index (χ4n) is 1.76. The van der Waals surface area contributed by atoms with Crippen molar-refractivity contribution in [3.63, 3.8) is 0 Å². The topological polar surface area (TPSA) is 78.9 Å². The summed E-state index contributed by atoms with van der Waals surface area (Å²) in [5.74, 6) is -0.372. The van der Waals surface area contributed by atoms with Gasteiger partial charge in [-0.3, -0.25) is 4.79 Å². The molecular formula is C15H12FN3OS. The van der Waals surface area contributed by atoms with Crippen LogP contribution in [0.15, 0.2) is 41.7 Å². The van der Waals surface area contributed by atoms with Gasteiger partial charge < -0.3 is 11.1 Å². The zero-order valence-corrected chi connectivity index (χ0v) is 11.8. The van der Waals surface area contributed by atoms with Crippen molar-refractivity contribution in [2.24, 2.45) is 0 Å². The van der Waals surface area contributed by atoms with Crippen molar-refractivity contribution in [2.75, 3.05) is 17.6 Å². The first-order chi connectivity index (χ1) is 10.1. The van der Waals surface area contributed by atoms with Crippen LogP contribution in [0.1, 0.15) is 5.56 Å². The number of nitrogens with two attached hydrogens (primary N) is 1. The maximum absolute atomic E-state index is 13.0. The Kier molecular flexibility index (Phi) is 4.36. The number of halogens is 1. The minimum absolute atomic E-state index is 0.00712. The molecule has 1 aromatic carbocycles. The average molecular weight is 301 g/mol. The maximum atomic E-state index is 13.0. The number of nitrogen functional groups attached to an aromatic ring is 1. The second-order valence-electron chi connectivity index (χ2n) is 4.17. The van der Waals surface area contributed by atoms with Gasteiger partial charge in [0.25, 0.3) is 0 Å². The summed E-state index contributed by atoms with van der Waals surface area (Å²) in [5, 5.41) is 12.5. The van der Waals surface area contributed by atoms with Gasteiger partial charge in [-0.25, -0.2) is 4.39 Å². The molecule has 0 aliphatic heterocycles. The van der Waals surface area contributed by atoms with Gasteiger partial charge in [0.05, 0.1) is 10.6 Å². The van der Waals surface area contributed by atoms with Gasteiger partial charge >= 0.3 is 0 Å². The van der Waals surface area contributed by atoms with Crippen LogP contribution in [0, 0.1) is 17.1 Å². The monoisotopic (exact) mass is 301 g/mol. The van der Waals surface area contributed by atoms with Crippen LogP contribution in [-0.4, -0.2) is 6.54 Å². The number of benzene rings is 1. The molecule has 21 heavy (non-hydrogen) atoms. The first-order valence-corrected chi connectivity index (χ1v) is 6.87. The largest absolute Gasteiger partial charge is 0.394 e. The predicted octanol–water partition coefficient (Wildman–Crippen LogP) is 2.97. The molecule has 0 aliphatic rings. The molecule has 0 amide bonds. The Hall–Kier alpha value is -2.65. The van der Waals surface area contributed by atoms with Crippen LogP contribution in [-0.2, 0) is 0 Å². The molecule has 2 rings (SSSR count). The molecule has 6 heteroatoms. The van der Waals surface area contributed by atoms with E-state index < -0.39 is 5.43 Å². The van der Waals surface area contributed by atoms with Crippen molar-refractivity contribution >= 4 is 22.0 Å². The van der Waals surface area contributed by atoms with Crippen LogP contribution in [0.2, 0.25) is 0 Å². The number of nitriles is 1. The molecule has 0 fully saturated rings. The van der Waals surface area contributed by atoms with E-state index in [-0.39, 0.29) is 17.1 Å². The summed E-state index contributed by atoms with van der Waals surface area (Å²) in [4.78, 5) is 12.7. The molecule has 1 heterocycles. The van der Waals surface area contributed by atoms with E-state index in [1.165, 1.54) is 23.5 Å². The Labute approximate surface area is 125 Å². The summed E-state index contributed by atoms with van der Waals surface area (Å²) in [6.07, 6.45) is 1.62. The number of rotatable bonds is 4. The zero-order chi connectivity index (χ0) is 15.4. The molecule has 0 saturated heterocycles. The van der Waals surface area contributed by atoms with E-state index in [1.807, 2.05) is 6.07 Å². The Morgan fingerprint density at radius 3 is 2.67 bits per heavy atom. The first kappa shape index (κ1) is 14.8. The Morgan fingerprint density at radius 1 is 1.43 bits per heavy atom. The lowest BCUT2D eigenvalue weighted by Gasteiger charge is -2.10. The summed E-state index contributed by atoms with van der Waals surface area (Å²) in [7, 11) is 0. The maximum Gasteiger partial charge on any atom is 0.223 e. The minimum Gasteiger partial charge on any atom is -0.394 e. The van der Waals surface area contributed by atoms with Crippen molar-refractivity contribution < 1.29 is 4.39 Å². The van der Waals surface area contributed by atoms with Gasteiger partial charge in [-0.05, 0) is 17.7 Å². The van der Waals surface area contributed by atoms with Gasteiger partial charge in [0.1, 0.15) is 22.5 Å². The number of anilines is 2. The SMILES string of the molecule is C=CCNc1sc(-c2ccc(F)cc2)c(N)c(=O)c1C#N. The molecule has 0 saturated carbocycles. The molecule has 0 aliphatic carbocycles. The van der Waals surface area contributed by atoms with E-state index in [4.69, 9.17) is 11.0 Å². The summed E-state index contributed by atoms with van der Waals surface area (Å²) < 4.78 is 13.0. The molecule has 0 spiro atoms. The van der Waals surface area contributed by atoms with Crippen LogP contribution in [0.3, 0.4) is 0 Å². The summed E-state index contributed by atoms with van der Waals surface area (Å²) in [6.45, 7) is 3.99. The Bertz CT molecular complexity index is 775. The molecule has 0 radical (unpaired) electrons. The highest BCUT2D eigenvalue weighted by Gasteiger charge is 2.16. The van der Waals surface area contributed by atoms with Crippen LogP contribution >= 0.6 is 11.3 Å². The van der Waals surface area contributed by atoms with Crippen LogP contribution in [0.5, 0.6) is 0 Å². The third-order valence-electron chi connectivity index (χ3n) is 2.77. The van der Waals surface area contributed by atoms with E-state index in [0.717, 1.165) is 0 Å². The normalized spacial score (nSPS) is 9.90. The predicted molar refractivity (Wildman–Crippen MR) is 83.8 cm³/mol. The summed E-state index contributed by atoms with van der Waals surface area (Å²) >= 11 is 1.18. The van der Waals surface area contributed by atoms with Crippen LogP contribution in [0.4, 0.5) is 15.1 Å². The smallest absolute Gasteiger partial charge is 0.223 e. The van der Waals surface area contributed by atoms with Crippen LogP contribution < -0.4 is 16.5 Å². The summed E-state index contributed by atoms with van der Waals surface area (Å²) in [5.41, 5.74) is 5.90. The van der Waals surface area contributed by atoms with Gasteiger partial charge in [-0.1, -0.05) is 18.2 Å². The van der Waals surface area contributed by atoms with E-state index in [2.05, 4.69) is 11.9 Å². The highest BCUT2D eigenvalue weighted by molar-refractivity contribution is 7.19. The molecule has 1 aromatic heterocycles. The lowest BCUT2D eigenvalue weighted by Crippen LogP contribution is -2.15. The molecule has 3 N–H and O–H groups in total. The summed E-state index contributed by atoms with van der Waals surface area (Å²) in [6, 6.07) is 7.53. The van der Waals surface area contributed by atoms with Crippen molar-refractivity contribution in [3.8, 4) is 16.5 Å². The Morgan fingerprint density at radius 2 is 2.10 bits per heavy atom. The number of hydrogen-bond donors (Lipinski definition) is 2. The first-order valence-electron chi connectivity index (χ1n) is 6.06. The molecular weight excluding hydrogens is 289 g/mol. The van der Waals surface area contributed by atoms with Gasteiger partial charge in [-0.15, -0.1) is 17.9 Å². The average Bonchev–Trinajstić information content (AvgIpc) is 2.49. The molecule has 4 nitrogen and oxygen atoms in total. The van der Waals surface area contributed by atoms with Gasteiger partial charge in [0, 0.05) is 6.54 Å². The van der Waals surface area contributed by atoms with Gasteiger partial charge in [-0.2, -0.15) is 5.26 Å². The van der Waals surface area contributed by atoms with Gasteiger partial charge in [0.15, 0.2) is 0 Å². The fraction of sp³-hybridized carbons (Fsp3) is 0.0667. The highest BCUT2D eigenvalue weighted by Crippen LogP contribution is 2.34. The van der Waals surface area contributed by atoms with E-state index >= 15 is 0 Å². The molecule has 0 atom stereocenters. The number of nitrogens with zero attached hydrogens (tertiary/aromatic N) is 1. The van der Waals surface area contributed by atoms with Gasteiger partial charge in [0.2, 0.25) is 5.43 Å². The zero-order valence-electron chi connectivity index (χ0n) is 11.0. The highest BCUT2D eigenvalue weighted by atomic mass is 32.1. The lowest BCUT2D eigenvalue weighted by atomic mass is 10.1. The molecule has 106 valence electrons.